The van der Waals surface area contributed by atoms with E-state index in [4.69, 9.17) is 4.74 Å². The SMILES string of the molecule is COc1ccc(C(=O)N2CCN(c3cc4c(cc3[N+](=O)[O-])n(C)c(=O)n4C)CC2)cc1. The fraction of sp³-hybridized carbons (Fsp3) is 0.333. The first kappa shape index (κ1) is 20.5. The van der Waals surface area contributed by atoms with Crippen LogP contribution in [0.5, 0.6) is 5.75 Å². The number of carbonyl (C=O) groups excluding carboxylic acids is 1. The number of piperazine rings is 1. The lowest BCUT2D eigenvalue weighted by Gasteiger charge is -2.36. The molecule has 1 saturated heterocycles. The summed E-state index contributed by atoms with van der Waals surface area (Å²) in [7, 11) is 4.81. The van der Waals surface area contributed by atoms with Gasteiger partial charge in [-0.1, -0.05) is 0 Å². The molecule has 2 aromatic carbocycles. The Kier molecular flexibility index (Phi) is 5.14. The first-order chi connectivity index (χ1) is 14.8. The van der Waals surface area contributed by atoms with Crippen LogP contribution in [0.15, 0.2) is 41.2 Å². The number of ether oxygens (including phenoxy) is 1. The number of nitro groups is 1. The zero-order valence-corrected chi connectivity index (χ0v) is 17.6. The smallest absolute Gasteiger partial charge is 0.328 e. The Morgan fingerprint density at radius 1 is 1.00 bits per heavy atom. The molecule has 1 amide bonds. The molecule has 10 heteroatoms. The molecule has 1 aliphatic rings. The Bertz CT molecular complexity index is 1220. The van der Waals surface area contributed by atoms with Crippen LogP contribution in [-0.4, -0.2) is 58.2 Å². The van der Waals surface area contributed by atoms with Gasteiger partial charge in [-0.25, -0.2) is 4.79 Å². The molecule has 2 heterocycles. The normalized spacial score (nSPS) is 14.2. The average molecular weight is 425 g/mol. The summed E-state index contributed by atoms with van der Waals surface area (Å²) in [6.45, 7) is 1.78. The third kappa shape index (κ3) is 3.49. The van der Waals surface area contributed by atoms with Gasteiger partial charge >= 0.3 is 5.69 Å². The number of methoxy groups -OCH3 is 1. The predicted molar refractivity (Wildman–Crippen MR) is 116 cm³/mol. The van der Waals surface area contributed by atoms with Gasteiger partial charge in [-0.2, -0.15) is 0 Å². The first-order valence-corrected chi connectivity index (χ1v) is 9.84. The van der Waals surface area contributed by atoms with Gasteiger partial charge < -0.3 is 14.5 Å². The van der Waals surface area contributed by atoms with E-state index in [9.17, 15) is 19.7 Å². The monoisotopic (exact) mass is 425 g/mol. The summed E-state index contributed by atoms with van der Waals surface area (Å²) >= 11 is 0. The van der Waals surface area contributed by atoms with Gasteiger partial charge in [-0.05, 0) is 30.3 Å². The van der Waals surface area contributed by atoms with Crippen molar-refractivity contribution in [3.05, 3.63) is 62.6 Å². The van der Waals surface area contributed by atoms with E-state index < -0.39 is 4.92 Å². The second-order valence-electron chi connectivity index (χ2n) is 7.50. The zero-order valence-electron chi connectivity index (χ0n) is 17.6. The molecule has 4 rings (SSSR count). The number of nitrogens with zero attached hydrogens (tertiary/aromatic N) is 5. The zero-order chi connectivity index (χ0) is 22.3. The summed E-state index contributed by atoms with van der Waals surface area (Å²) in [5, 5.41) is 11.7. The molecule has 1 aromatic heterocycles. The first-order valence-electron chi connectivity index (χ1n) is 9.84. The van der Waals surface area contributed by atoms with Crippen LogP contribution in [0, 0.1) is 10.1 Å². The van der Waals surface area contributed by atoms with Gasteiger partial charge in [0.1, 0.15) is 11.4 Å². The van der Waals surface area contributed by atoms with E-state index in [0.717, 1.165) is 0 Å². The van der Waals surface area contributed by atoms with Crippen molar-refractivity contribution >= 4 is 28.3 Å². The predicted octanol–water partition coefficient (Wildman–Crippen LogP) is 1.76. The van der Waals surface area contributed by atoms with Crippen LogP contribution in [-0.2, 0) is 14.1 Å². The molecule has 0 saturated carbocycles. The third-order valence-corrected chi connectivity index (χ3v) is 5.81. The molecule has 0 N–H and O–H groups in total. The van der Waals surface area contributed by atoms with E-state index in [1.54, 1.807) is 56.4 Å². The number of aryl methyl sites for hydroxylation is 2. The van der Waals surface area contributed by atoms with Crippen molar-refractivity contribution in [2.75, 3.05) is 38.2 Å². The Morgan fingerprint density at radius 3 is 2.13 bits per heavy atom. The van der Waals surface area contributed by atoms with E-state index in [0.29, 0.717) is 54.2 Å². The number of rotatable bonds is 4. The molecule has 3 aromatic rings. The van der Waals surface area contributed by atoms with Crippen molar-refractivity contribution < 1.29 is 14.5 Å². The lowest BCUT2D eigenvalue weighted by molar-refractivity contribution is -0.384. The molecule has 162 valence electrons. The van der Waals surface area contributed by atoms with Gasteiger partial charge in [0.05, 0.1) is 23.1 Å². The molecule has 31 heavy (non-hydrogen) atoms. The maximum absolute atomic E-state index is 12.8. The van der Waals surface area contributed by atoms with Crippen molar-refractivity contribution in [3.8, 4) is 5.75 Å². The van der Waals surface area contributed by atoms with Crippen LogP contribution < -0.4 is 15.3 Å². The summed E-state index contributed by atoms with van der Waals surface area (Å²) in [4.78, 5) is 40.0. The van der Waals surface area contributed by atoms with Gasteiger partial charge in [0.2, 0.25) is 0 Å². The summed E-state index contributed by atoms with van der Waals surface area (Å²) in [6.07, 6.45) is 0. The number of amides is 1. The van der Waals surface area contributed by atoms with Crippen LogP contribution in [0.2, 0.25) is 0 Å². The van der Waals surface area contributed by atoms with E-state index >= 15 is 0 Å². The molecule has 0 unspecified atom stereocenters. The largest absolute Gasteiger partial charge is 0.497 e. The minimum Gasteiger partial charge on any atom is -0.497 e. The second kappa shape index (κ2) is 7.78. The highest BCUT2D eigenvalue weighted by atomic mass is 16.6. The van der Waals surface area contributed by atoms with Crippen molar-refractivity contribution in [2.45, 2.75) is 0 Å². The Balaban J connectivity index is 1.58. The fourth-order valence-corrected chi connectivity index (χ4v) is 3.99. The fourth-order valence-electron chi connectivity index (χ4n) is 3.99. The number of anilines is 1. The van der Waals surface area contributed by atoms with Crippen molar-refractivity contribution in [1.29, 1.82) is 0 Å². The molecule has 1 fully saturated rings. The van der Waals surface area contributed by atoms with Crippen LogP contribution in [0.25, 0.3) is 11.0 Å². The number of aromatic nitrogens is 2. The molecule has 0 spiro atoms. The standard InChI is InChI=1S/C21H23N5O5/c1-22-16-12-18(19(26(29)30)13-17(16)23(2)21(22)28)24-8-10-25(11-9-24)20(27)14-4-6-15(31-3)7-5-14/h4-7,12-13H,8-11H2,1-3H3. The molecule has 1 aliphatic heterocycles. The Labute approximate surface area is 178 Å². The van der Waals surface area contributed by atoms with Gasteiger partial charge in [0, 0.05) is 51.9 Å². The molecule has 0 radical (unpaired) electrons. The molecular weight excluding hydrogens is 402 g/mol. The number of imidazole rings is 1. The van der Waals surface area contributed by atoms with Crippen LogP contribution in [0.4, 0.5) is 11.4 Å². The van der Waals surface area contributed by atoms with E-state index in [1.807, 2.05) is 4.90 Å². The summed E-state index contributed by atoms with van der Waals surface area (Å²) in [5.41, 5.74) is 1.87. The maximum Gasteiger partial charge on any atom is 0.328 e. The average Bonchev–Trinajstić information content (AvgIpc) is 3.01. The summed E-state index contributed by atoms with van der Waals surface area (Å²) in [6, 6.07) is 10.1. The number of hydrogen-bond donors (Lipinski definition) is 0. The molecule has 0 aliphatic carbocycles. The van der Waals surface area contributed by atoms with Crippen LogP contribution >= 0.6 is 0 Å². The summed E-state index contributed by atoms with van der Waals surface area (Å²) < 4.78 is 8.00. The highest BCUT2D eigenvalue weighted by Gasteiger charge is 2.28. The third-order valence-electron chi connectivity index (χ3n) is 5.81. The lowest BCUT2D eigenvalue weighted by Crippen LogP contribution is -2.49. The van der Waals surface area contributed by atoms with Gasteiger partial charge in [-0.15, -0.1) is 0 Å². The Hall–Kier alpha value is -3.82. The number of benzene rings is 2. The molecule has 0 bridgehead atoms. The van der Waals surface area contributed by atoms with Crippen LogP contribution in [0.3, 0.4) is 0 Å². The molecular formula is C21H23N5O5. The van der Waals surface area contributed by atoms with Gasteiger partial charge in [0.15, 0.2) is 0 Å². The van der Waals surface area contributed by atoms with Crippen LogP contribution in [0.1, 0.15) is 10.4 Å². The number of hydrogen-bond acceptors (Lipinski definition) is 6. The quantitative estimate of drug-likeness (QED) is 0.466. The lowest BCUT2D eigenvalue weighted by atomic mass is 10.1. The highest BCUT2D eigenvalue weighted by molar-refractivity contribution is 5.94. The second-order valence-corrected chi connectivity index (χ2v) is 7.50. The summed E-state index contributed by atoms with van der Waals surface area (Å²) in [5.74, 6) is 0.595. The van der Waals surface area contributed by atoms with Crippen molar-refractivity contribution in [1.82, 2.24) is 14.0 Å². The minimum atomic E-state index is -0.429. The topological polar surface area (TPSA) is 103 Å². The van der Waals surface area contributed by atoms with Crippen molar-refractivity contribution in [2.24, 2.45) is 14.1 Å². The Morgan fingerprint density at radius 2 is 1.58 bits per heavy atom. The number of fused-ring (bicyclic) bond motifs is 1. The van der Waals surface area contributed by atoms with Gasteiger partial charge in [0.25, 0.3) is 11.6 Å². The van der Waals surface area contributed by atoms with E-state index in [2.05, 4.69) is 0 Å². The van der Waals surface area contributed by atoms with Crippen molar-refractivity contribution in [3.63, 3.8) is 0 Å². The molecule has 10 nitrogen and oxygen atoms in total. The van der Waals surface area contributed by atoms with E-state index in [1.165, 1.54) is 15.2 Å². The number of carbonyl (C=O) groups is 1. The maximum atomic E-state index is 12.8. The molecule has 0 atom stereocenters. The number of nitro benzene ring substituents is 1. The van der Waals surface area contributed by atoms with E-state index in [-0.39, 0.29) is 17.3 Å². The highest BCUT2D eigenvalue weighted by Crippen LogP contribution is 2.33. The van der Waals surface area contributed by atoms with Gasteiger partial charge in [-0.3, -0.25) is 24.0 Å². The minimum absolute atomic E-state index is 0.0522.